The number of benzene rings is 2. The fourth-order valence-electron chi connectivity index (χ4n) is 3.30. The molecule has 1 fully saturated rings. The van der Waals surface area contributed by atoms with Gasteiger partial charge in [0.1, 0.15) is 0 Å². The number of likely N-dealkylation sites (tertiary alicyclic amines) is 1. The summed E-state index contributed by atoms with van der Waals surface area (Å²) in [6.45, 7) is 2.81. The second kappa shape index (κ2) is 7.71. The summed E-state index contributed by atoms with van der Waals surface area (Å²) < 4.78 is 0. The molecule has 1 N–H and O–H groups in total. The molecule has 1 atom stereocenters. The van der Waals surface area contributed by atoms with E-state index in [2.05, 4.69) is 5.32 Å². The fourth-order valence-corrected chi connectivity index (χ4v) is 3.43. The van der Waals surface area contributed by atoms with Crippen LogP contribution in [-0.4, -0.2) is 17.5 Å². The van der Waals surface area contributed by atoms with Gasteiger partial charge in [0.15, 0.2) is 0 Å². The smallest absolute Gasteiger partial charge is 0.317 e. The van der Waals surface area contributed by atoms with E-state index in [0.29, 0.717) is 0 Å². The molecule has 1 heterocycles. The van der Waals surface area contributed by atoms with Crippen LogP contribution in [-0.2, 0) is 0 Å². The number of amides is 2. The number of nitrogens with zero attached hydrogens (tertiary/aromatic N) is 1. The number of hydrogen-bond donors (Lipinski definition) is 1. The molecular formula is C20H23ClN2O. The summed E-state index contributed by atoms with van der Waals surface area (Å²) in [5.41, 5.74) is 3.14. The van der Waals surface area contributed by atoms with Crippen LogP contribution in [0.3, 0.4) is 0 Å². The van der Waals surface area contributed by atoms with Gasteiger partial charge in [-0.15, -0.1) is 0 Å². The van der Waals surface area contributed by atoms with Crippen molar-refractivity contribution in [2.45, 2.75) is 38.6 Å². The molecule has 0 spiro atoms. The van der Waals surface area contributed by atoms with Gasteiger partial charge in [0.2, 0.25) is 0 Å². The Morgan fingerprint density at radius 3 is 2.67 bits per heavy atom. The Kier molecular flexibility index (Phi) is 5.41. The number of anilines is 1. The highest BCUT2D eigenvalue weighted by molar-refractivity contribution is 6.30. The molecule has 0 aliphatic carbocycles. The largest absolute Gasteiger partial charge is 0.322 e. The third-order valence-electron chi connectivity index (χ3n) is 4.54. The lowest BCUT2D eigenvalue weighted by Crippen LogP contribution is -2.38. The van der Waals surface area contributed by atoms with Crippen LogP contribution in [0.2, 0.25) is 5.02 Å². The maximum absolute atomic E-state index is 12.9. The Labute approximate surface area is 148 Å². The molecule has 1 saturated heterocycles. The predicted octanol–water partition coefficient (Wildman–Crippen LogP) is 5.80. The minimum atomic E-state index is -0.0255. The summed E-state index contributed by atoms with van der Waals surface area (Å²) in [7, 11) is 0. The van der Waals surface area contributed by atoms with Gasteiger partial charge in [0.25, 0.3) is 0 Å². The lowest BCUT2D eigenvalue weighted by molar-refractivity contribution is 0.189. The SMILES string of the molecule is Cc1cccc(NC(=O)N2CCCCCC2c2ccc(Cl)cc2)c1. The van der Waals surface area contributed by atoms with E-state index in [-0.39, 0.29) is 12.1 Å². The van der Waals surface area contributed by atoms with E-state index in [1.807, 2.05) is 60.4 Å². The molecule has 0 saturated carbocycles. The quantitative estimate of drug-likeness (QED) is 0.735. The predicted molar refractivity (Wildman–Crippen MR) is 99.6 cm³/mol. The van der Waals surface area contributed by atoms with Crippen molar-refractivity contribution in [3.8, 4) is 0 Å². The van der Waals surface area contributed by atoms with Crippen LogP contribution in [0.25, 0.3) is 0 Å². The highest BCUT2D eigenvalue weighted by Crippen LogP contribution is 2.31. The number of carbonyl (C=O) groups is 1. The highest BCUT2D eigenvalue weighted by Gasteiger charge is 2.26. The van der Waals surface area contributed by atoms with Crippen molar-refractivity contribution >= 4 is 23.3 Å². The van der Waals surface area contributed by atoms with Crippen LogP contribution in [0.5, 0.6) is 0 Å². The first kappa shape index (κ1) is 16.8. The molecule has 126 valence electrons. The zero-order valence-corrected chi connectivity index (χ0v) is 14.7. The van der Waals surface area contributed by atoms with Crippen LogP contribution < -0.4 is 5.32 Å². The first-order valence-corrected chi connectivity index (χ1v) is 8.91. The Bertz CT molecular complexity index is 699. The van der Waals surface area contributed by atoms with Gasteiger partial charge in [0.05, 0.1) is 6.04 Å². The van der Waals surface area contributed by atoms with E-state index in [9.17, 15) is 4.79 Å². The second-order valence-electron chi connectivity index (χ2n) is 6.41. The molecule has 24 heavy (non-hydrogen) atoms. The van der Waals surface area contributed by atoms with Crippen molar-refractivity contribution in [2.75, 3.05) is 11.9 Å². The molecule has 0 aromatic heterocycles. The molecule has 2 amide bonds. The van der Waals surface area contributed by atoms with Crippen molar-refractivity contribution in [3.05, 3.63) is 64.7 Å². The van der Waals surface area contributed by atoms with Crippen LogP contribution in [0.1, 0.15) is 42.9 Å². The molecule has 2 aromatic rings. The van der Waals surface area contributed by atoms with Crippen LogP contribution >= 0.6 is 11.6 Å². The molecule has 0 bridgehead atoms. The van der Waals surface area contributed by atoms with Crippen LogP contribution in [0.15, 0.2) is 48.5 Å². The molecular weight excluding hydrogens is 320 g/mol. The van der Waals surface area contributed by atoms with Crippen molar-refractivity contribution in [3.63, 3.8) is 0 Å². The standard InChI is InChI=1S/C20H23ClN2O/c1-15-6-5-7-18(14-15)22-20(24)23-13-4-2-3-8-19(23)16-9-11-17(21)12-10-16/h5-7,9-12,14,19H,2-4,8,13H2,1H3,(H,22,24). The molecule has 4 heteroatoms. The molecule has 2 aromatic carbocycles. The van der Waals surface area contributed by atoms with Gasteiger partial charge in [-0.3, -0.25) is 0 Å². The Morgan fingerprint density at radius 2 is 1.92 bits per heavy atom. The monoisotopic (exact) mass is 342 g/mol. The maximum atomic E-state index is 12.9. The van der Waals surface area contributed by atoms with Crippen LogP contribution in [0.4, 0.5) is 10.5 Å². The second-order valence-corrected chi connectivity index (χ2v) is 6.85. The normalized spacial score (nSPS) is 18.1. The van der Waals surface area contributed by atoms with Gasteiger partial charge in [-0.1, -0.05) is 48.7 Å². The Morgan fingerprint density at radius 1 is 1.12 bits per heavy atom. The first-order chi connectivity index (χ1) is 11.6. The first-order valence-electron chi connectivity index (χ1n) is 8.53. The summed E-state index contributed by atoms with van der Waals surface area (Å²) in [5.74, 6) is 0. The number of hydrogen-bond acceptors (Lipinski definition) is 1. The summed E-state index contributed by atoms with van der Waals surface area (Å²) in [5, 5.41) is 3.78. The van der Waals surface area contributed by atoms with Gasteiger partial charge in [-0.25, -0.2) is 4.79 Å². The van der Waals surface area contributed by atoms with Gasteiger partial charge in [-0.05, 0) is 55.2 Å². The number of rotatable bonds is 2. The van der Waals surface area contributed by atoms with E-state index >= 15 is 0 Å². The lowest BCUT2D eigenvalue weighted by Gasteiger charge is -2.30. The van der Waals surface area contributed by atoms with Crippen molar-refractivity contribution in [1.82, 2.24) is 4.90 Å². The number of aryl methyl sites for hydroxylation is 1. The van der Waals surface area contributed by atoms with E-state index in [0.717, 1.165) is 54.1 Å². The topological polar surface area (TPSA) is 32.3 Å². The summed E-state index contributed by atoms with van der Waals surface area (Å²) in [6, 6.07) is 15.9. The minimum Gasteiger partial charge on any atom is -0.317 e. The zero-order chi connectivity index (χ0) is 16.9. The summed E-state index contributed by atoms with van der Waals surface area (Å²) in [6.07, 6.45) is 4.34. The van der Waals surface area contributed by atoms with Crippen molar-refractivity contribution in [2.24, 2.45) is 0 Å². The maximum Gasteiger partial charge on any atom is 0.322 e. The molecule has 1 unspecified atom stereocenters. The molecule has 3 nitrogen and oxygen atoms in total. The van der Waals surface area contributed by atoms with Crippen molar-refractivity contribution in [1.29, 1.82) is 0 Å². The lowest BCUT2D eigenvalue weighted by atomic mass is 10.0. The molecule has 0 radical (unpaired) electrons. The van der Waals surface area contributed by atoms with Crippen LogP contribution in [0, 0.1) is 6.92 Å². The number of halogens is 1. The van der Waals surface area contributed by atoms with E-state index in [1.54, 1.807) is 0 Å². The molecule has 3 rings (SSSR count). The Hall–Kier alpha value is -2.00. The fraction of sp³-hybridized carbons (Fsp3) is 0.350. The summed E-state index contributed by atoms with van der Waals surface area (Å²) in [4.78, 5) is 14.8. The van der Waals surface area contributed by atoms with E-state index < -0.39 is 0 Å². The number of urea groups is 1. The Balaban J connectivity index is 1.81. The van der Waals surface area contributed by atoms with E-state index in [1.165, 1.54) is 0 Å². The number of carbonyl (C=O) groups excluding carboxylic acids is 1. The summed E-state index contributed by atoms with van der Waals surface area (Å²) >= 11 is 6.01. The third-order valence-corrected chi connectivity index (χ3v) is 4.79. The highest BCUT2D eigenvalue weighted by atomic mass is 35.5. The van der Waals surface area contributed by atoms with Gasteiger partial charge >= 0.3 is 6.03 Å². The molecule has 1 aliphatic rings. The average molecular weight is 343 g/mol. The molecule has 1 aliphatic heterocycles. The van der Waals surface area contributed by atoms with Crippen molar-refractivity contribution < 1.29 is 4.79 Å². The van der Waals surface area contributed by atoms with Gasteiger partial charge < -0.3 is 10.2 Å². The van der Waals surface area contributed by atoms with Gasteiger partial charge in [0, 0.05) is 17.3 Å². The van der Waals surface area contributed by atoms with E-state index in [4.69, 9.17) is 11.6 Å². The minimum absolute atomic E-state index is 0.0255. The van der Waals surface area contributed by atoms with Gasteiger partial charge in [-0.2, -0.15) is 0 Å². The zero-order valence-electron chi connectivity index (χ0n) is 14.0. The third kappa shape index (κ3) is 4.09. The average Bonchev–Trinajstić information content (AvgIpc) is 2.81. The number of nitrogens with one attached hydrogen (secondary N) is 1.